The quantitative estimate of drug-likeness (QED) is 0.778. The molecule has 2 fully saturated rings. The fourth-order valence-electron chi connectivity index (χ4n) is 2.86. The summed E-state index contributed by atoms with van der Waals surface area (Å²) in [5, 5.41) is 0. The number of amides is 1. The predicted molar refractivity (Wildman–Crippen MR) is 84.7 cm³/mol. The molecule has 3 heterocycles. The van der Waals surface area contributed by atoms with Crippen molar-refractivity contribution < 1.29 is 18.3 Å². The standard InChI is InChI=1S/C15H18BrF2N3O2/c16-11-2-1-5-19-13(11)21-8-9-23-12(10-21)14(22)20-6-3-15(17,18)4-7-20/h1-2,5,12H,3-4,6-10H2. The minimum atomic E-state index is -2.66. The van der Waals surface area contributed by atoms with Gasteiger partial charge in [-0.25, -0.2) is 13.8 Å². The fraction of sp³-hybridized carbons (Fsp3) is 0.600. The number of rotatable bonds is 2. The number of hydrogen-bond donors (Lipinski definition) is 0. The molecule has 1 atom stereocenters. The van der Waals surface area contributed by atoms with E-state index in [1.54, 1.807) is 6.20 Å². The molecule has 1 aromatic rings. The van der Waals surface area contributed by atoms with E-state index >= 15 is 0 Å². The molecule has 0 saturated carbocycles. The molecule has 0 N–H and O–H groups in total. The Morgan fingerprint density at radius 3 is 2.78 bits per heavy atom. The normalized spacial score (nSPS) is 24.6. The van der Waals surface area contributed by atoms with E-state index in [9.17, 15) is 13.6 Å². The van der Waals surface area contributed by atoms with Gasteiger partial charge in [-0.2, -0.15) is 0 Å². The van der Waals surface area contributed by atoms with Crippen molar-refractivity contribution in [2.24, 2.45) is 0 Å². The Morgan fingerprint density at radius 2 is 2.09 bits per heavy atom. The summed E-state index contributed by atoms with van der Waals surface area (Å²) in [5.74, 6) is -2.11. The largest absolute Gasteiger partial charge is 0.365 e. The molecule has 2 aliphatic heterocycles. The molecular formula is C15H18BrF2N3O2. The van der Waals surface area contributed by atoms with Crippen molar-refractivity contribution >= 4 is 27.7 Å². The van der Waals surface area contributed by atoms with Crippen LogP contribution in [0.2, 0.25) is 0 Å². The summed E-state index contributed by atoms with van der Waals surface area (Å²) in [6, 6.07) is 3.71. The van der Waals surface area contributed by atoms with Crippen LogP contribution in [0.4, 0.5) is 14.6 Å². The average Bonchev–Trinajstić information content (AvgIpc) is 2.55. The first-order valence-corrected chi connectivity index (χ1v) is 8.39. The molecule has 126 valence electrons. The number of morpholine rings is 1. The molecule has 0 spiro atoms. The van der Waals surface area contributed by atoms with Gasteiger partial charge < -0.3 is 14.5 Å². The van der Waals surface area contributed by atoms with Crippen LogP contribution in [0.5, 0.6) is 0 Å². The van der Waals surface area contributed by atoms with Crippen LogP contribution in [0.25, 0.3) is 0 Å². The molecular weight excluding hydrogens is 372 g/mol. The van der Waals surface area contributed by atoms with E-state index in [4.69, 9.17) is 4.74 Å². The number of nitrogens with zero attached hydrogens (tertiary/aromatic N) is 3. The molecule has 3 rings (SSSR count). The molecule has 1 aromatic heterocycles. The Bertz CT molecular complexity index is 578. The van der Waals surface area contributed by atoms with Gasteiger partial charge in [-0.05, 0) is 28.1 Å². The molecule has 5 nitrogen and oxygen atoms in total. The zero-order chi connectivity index (χ0) is 16.4. The van der Waals surface area contributed by atoms with Crippen LogP contribution in [0.1, 0.15) is 12.8 Å². The van der Waals surface area contributed by atoms with Crippen LogP contribution >= 0.6 is 15.9 Å². The minimum absolute atomic E-state index is 0.0823. The van der Waals surface area contributed by atoms with E-state index in [2.05, 4.69) is 20.9 Å². The molecule has 23 heavy (non-hydrogen) atoms. The van der Waals surface area contributed by atoms with Crippen molar-refractivity contribution in [1.29, 1.82) is 0 Å². The van der Waals surface area contributed by atoms with E-state index in [0.717, 1.165) is 10.3 Å². The van der Waals surface area contributed by atoms with Crippen LogP contribution in [0.3, 0.4) is 0 Å². The first-order valence-electron chi connectivity index (χ1n) is 7.60. The second-order valence-electron chi connectivity index (χ2n) is 5.80. The van der Waals surface area contributed by atoms with E-state index in [1.165, 1.54) is 4.90 Å². The van der Waals surface area contributed by atoms with Crippen molar-refractivity contribution in [1.82, 2.24) is 9.88 Å². The summed E-state index contributed by atoms with van der Waals surface area (Å²) in [7, 11) is 0. The molecule has 2 aliphatic rings. The Kier molecular flexibility index (Phi) is 4.82. The number of halogens is 3. The van der Waals surface area contributed by atoms with Gasteiger partial charge in [-0.1, -0.05) is 0 Å². The number of piperidine rings is 1. The van der Waals surface area contributed by atoms with Gasteiger partial charge in [0.1, 0.15) is 5.82 Å². The predicted octanol–water partition coefficient (Wildman–Crippen LogP) is 2.31. The maximum Gasteiger partial charge on any atom is 0.253 e. The van der Waals surface area contributed by atoms with Gasteiger partial charge in [0.2, 0.25) is 0 Å². The molecule has 1 amide bonds. The molecule has 0 bridgehead atoms. The third kappa shape index (κ3) is 3.80. The van der Waals surface area contributed by atoms with Gasteiger partial charge in [0.05, 0.1) is 17.6 Å². The Balaban J connectivity index is 1.65. The highest BCUT2D eigenvalue weighted by Crippen LogP contribution is 2.29. The lowest BCUT2D eigenvalue weighted by atomic mass is 10.1. The lowest BCUT2D eigenvalue weighted by molar-refractivity contribution is -0.150. The topological polar surface area (TPSA) is 45.7 Å². The van der Waals surface area contributed by atoms with Gasteiger partial charge >= 0.3 is 0 Å². The van der Waals surface area contributed by atoms with Crippen LogP contribution in [0.15, 0.2) is 22.8 Å². The highest BCUT2D eigenvalue weighted by atomic mass is 79.9. The maximum absolute atomic E-state index is 13.2. The molecule has 2 saturated heterocycles. The van der Waals surface area contributed by atoms with E-state index in [0.29, 0.717) is 19.7 Å². The number of carbonyl (C=O) groups excluding carboxylic acids is 1. The Labute approximate surface area is 141 Å². The number of ether oxygens (including phenoxy) is 1. The second kappa shape index (κ2) is 6.68. The number of pyridine rings is 1. The summed E-state index contributed by atoms with van der Waals surface area (Å²) in [4.78, 5) is 20.3. The van der Waals surface area contributed by atoms with E-state index in [-0.39, 0.29) is 31.8 Å². The summed E-state index contributed by atoms with van der Waals surface area (Å²) < 4.78 is 32.9. The second-order valence-corrected chi connectivity index (χ2v) is 6.65. The third-order valence-electron chi connectivity index (χ3n) is 4.19. The number of hydrogen-bond acceptors (Lipinski definition) is 4. The van der Waals surface area contributed by atoms with Gasteiger partial charge in [-0.3, -0.25) is 4.79 Å². The molecule has 0 aliphatic carbocycles. The van der Waals surface area contributed by atoms with Crippen molar-refractivity contribution in [3.05, 3.63) is 22.8 Å². The molecule has 1 unspecified atom stereocenters. The van der Waals surface area contributed by atoms with Crippen LogP contribution < -0.4 is 4.90 Å². The van der Waals surface area contributed by atoms with Crippen molar-refractivity contribution in [3.63, 3.8) is 0 Å². The van der Waals surface area contributed by atoms with Crippen molar-refractivity contribution in [2.75, 3.05) is 37.7 Å². The molecule has 0 radical (unpaired) electrons. The van der Waals surface area contributed by atoms with Crippen LogP contribution in [-0.2, 0) is 9.53 Å². The van der Waals surface area contributed by atoms with Crippen LogP contribution in [-0.4, -0.2) is 60.6 Å². The number of anilines is 1. The van der Waals surface area contributed by atoms with E-state index < -0.39 is 12.0 Å². The molecule has 8 heteroatoms. The first-order chi connectivity index (χ1) is 11.0. The Morgan fingerprint density at radius 1 is 1.35 bits per heavy atom. The zero-order valence-electron chi connectivity index (χ0n) is 12.6. The molecule has 0 aromatic carbocycles. The SMILES string of the molecule is O=C(C1CN(c2ncccc2Br)CCO1)N1CCC(F)(F)CC1. The summed E-state index contributed by atoms with van der Waals surface area (Å²) in [6.45, 7) is 1.58. The first kappa shape index (κ1) is 16.6. The zero-order valence-corrected chi connectivity index (χ0v) is 14.1. The summed E-state index contributed by atoms with van der Waals surface area (Å²) in [5.41, 5.74) is 0. The number of alkyl halides is 2. The van der Waals surface area contributed by atoms with E-state index in [1.807, 2.05) is 17.0 Å². The lowest BCUT2D eigenvalue weighted by Gasteiger charge is -2.38. The number of aromatic nitrogens is 1. The van der Waals surface area contributed by atoms with Gasteiger partial charge in [0, 0.05) is 38.7 Å². The van der Waals surface area contributed by atoms with Crippen molar-refractivity contribution in [2.45, 2.75) is 24.9 Å². The van der Waals surface area contributed by atoms with Gasteiger partial charge in [-0.15, -0.1) is 0 Å². The smallest absolute Gasteiger partial charge is 0.253 e. The monoisotopic (exact) mass is 389 g/mol. The Hall–Kier alpha value is -1.28. The summed E-state index contributed by atoms with van der Waals surface area (Å²) in [6.07, 6.45) is 0.505. The number of likely N-dealkylation sites (tertiary alicyclic amines) is 1. The van der Waals surface area contributed by atoms with Gasteiger partial charge in [0.15, 0.2) is 6.10 Å². The highest BCUT2D eigenvalue weighted by molar-refractivity contribution is 9.10. The summed E-state index contributed by atoms with van der Waals surface area (Å²) >= 11 is 3.45. The fourth-order valence-corrected chi connectivity index (χ4v) is 3.36. The third-order valence-corrected chi connectivity index (χ3v) is 4.81. The minimum Gasteiger partial charge on any atom is -0.365 e. The highest BCUT2D eigenvalue weighted by Gasteiger charge is 2.38. The van der Waals surface area contributed by atoms with Crippen LogP contribution in [0, 0.1) is 0 Å². The average molecular weight is 390 g/mol. The lowest BCUT2D eigenvalue weighted by Crippen LogP contribution is -2.53. The number of carbonyl (C=O) groups is 1. The van der Waals surface area contributed by atoms with Gasteiger partial charge in [0.25, 0.3) is 11.8 Å². The maximum atomic E-state index is 13.2. The van der Waals surface area contributed by atoms with Crippen molar-refractivity contribution in [3.8, 4) is 0 Å².